The number of benzene rings is 2. The van der Waals surface area contributed by atoms with Gasteiger partial charge in [-0.3, -0.25) is 0 Å². The Kier molecular flexibility index (Phi) is 5.32. The van der Waals surface area contributed by atoms with Gasteiger partial charge in [0.1, 0.15) is 5.82 Å². The molecule has 0 bridgehead atoms. The minimum absolute atomic E-state index is 0.0908. The van der Waals surface area contributed by atoms with E-state index in [0.717, 1.165) is 28.6 Å². The quantitative estimate of drug-likeness (QED) is 0.811. The monoisotopic (exact) mass is 335 g/mol. The van der Waals surface area contributed by atoms with Gasteiger partial charge in [-0.1, -0.05) is 41.1 Å². The fraction of sp³-hybridized carbons (Fsp3) is 0.294. The van der Waals surface area contributed by atoms with Gasteiger partial charge in [0.2, 0.25) is 0 Å². The van der Waals surface area contributed by atoms with Crippen LogP contribution in [0.2, 0.25) is 0 Å². The number of hydrogen-bond donors (Lipinski definition) is 1. The van der Waals surface area contributed by atoms with Crippen LogP contribution in [0.25, 0.3) is 0 Å². The fourth-order valence-corrected chi connectivity index (χ4v) is 2.76. The van der Waals surface area contributed by atoms with Gasteiger partial charge in [-0.05, 0) is 60.8 Å². The molecule has 0 heterocycles. The van der Waals surface area contributed by atoms with E-state index in [1.54, 1.807) is 6.07 Å². The van der Waals surface area contributed by atoms with Gasteiger partial charge in [0.25, 0.3) is 0 Å². The zero-order valence-electron chi connectivity index (χ0n) is 11.8. The summed E-state index contributed by atoms with van der Waals surface area (Å²) in [4.78, 5) is 0. The maximum absolute atomic E-state index is 13.3. The second kappa shape index (κ2) is 7.00. The van der Waals surface area contributed by atoms with Crippen molar-refractivity contribution in [3.05, 3.63) is 69.4 Å². The molecular formula is C17H19BrFN. The molecule has 0 aliphatic heterocycles. The molecule has 106 valence electrons. The molecule has 0 aliphatic rings. The predicted molar refractivity (Wildman–Crippen MR) is 85.4 cm³/mol. The molecule has 1 nitrogen and oxygen atoms in total. The highest BCUT2D eigenvalue weighted by Gasteiger charge is 2.16. The predicted octanol–water partition coefficient (Wildman–Crippen LogP) is 4.99. The van der Waals surface area contributed by atoms with Gasteiger partial charge < -0.3 is 5.32 Å². The third-order valence-electron chi connectivity index (χ3n) is 3.32. The van der Waals surface area contributed by atoms with Gasteiger partial charge in [0.05, 0.1) is 6.04 Å². The van der Waals surface area contributed by atoms with Gasteiger partial charge in [-0.25, -0.2) is 4.39 Å². The Bertz CT molecular complexity index is 583. The lowest BCUT2D eigenvalue weighted by Gasteiger charge is -2.22. The van der Waals surface area contributed by atoms with Crippen molar-refractivity contribution in [1.29, 1.82) is 0 Å². The zero-order valence-corrected chi connectivity index (χ0v) is 13.4. The third kappa shape index (κ3) is 3.68. The van der Waals surface area contributed by atoms with Crippen LogP contribution in [0, 0.1) is 12.7 Å². The van der Waals surface area contributed by atoms with Crippen molar-refractivity contribution in [2.45, 2.75) is 26.3 Å². The largest absolute Gasteiger partial charge is 0.306 e. The highest BCUT2D eigenvalue weighted by molar-refractivity contribution is 9.10. The van der Waals surface area contributed by atoms with Crippen LogP contribution in [0.4, 0.5) is 4.39 Å². The minimum atomic E-state index is -0.185. The third-order valence-corrected chi connectivity index (χ3v) is 3.82. The lowest BCUT2D eigenvalue weighted by atomic mass is 9.95. The van der Waals surface area contributed by atoms with E-state index in [9.17, 15) is 4.39 Å². The second-order valence-electron chi connectivity index (χ2n) is 4.94. The molecule has 0 fully saturated rings. The topological polar surface area (TPSA) is 12.0 Å². The van der Waals surface area contributed by atoms with Gasteiger partial charge in [-0.15, -0.1) is 0 Å². The molecule has 0 radical (unpaired) electrons. The molecule has 0 saturated heterocycles. The number of halogens is 2. The van der Waals surface area contributed by atoms with Crippen LogP contribution in [0.3, 0.4) is 0 Å². The van der Waals surface area contributed by atoms with Gasteiger partial charge in [-0.2, -0.15) is 0 Å². The molecule has 20 heavy (non-hydrogen) atoms. The van der Waals surface area contributed by atoms with Crippen molar-refractivity contribution in [3.63, 3.8) is 0 Å². The Morgan fingerprint density at radius 2 is 2.00 bits per heavy atom. The number of hydrogen-bond acceptors (Lipinski definition) is 1. The molecule has 0 aromatic heterocycles. The van der Waals surface area contributed by atoms with E-state index in [1.807, 2.05) is 25.1 Å². The molecule has 0 spiro atoms. The fourth-order valence-electron chi connectivity index (χ4n) is 2.35. The Morgan fingerprint density at radius 1 is 1.20 bits per heavy atom. The lowest BCUT2D eigenvalue weighted by Crippen LogP contribution is -2.24. The molecular weight excluding hydrogens is 317 g/mol. The highest BCUT2D eigenvalue weighted by atomic mass is 79.9. The standard InChI is InChI=1S/C17H19BrFN/c1-3-9-20-17(13-5-4-6-14(18)11-13)16-8-7-15(19)10-12(16)2/h4-8,10-11,17,20H,3,9H2,1-2H3. The van der Waals surface area contributed by atoms with Crippen molar-refractivity contribution in [2.75, 3.05) is 6.54 Å². The van der Waals surface area contributed by atoms with Crippen LogP contribution in [-0.2, 0) is 0 Å². The lowest BCUT2D eigenvalue weighted by molar-refractivity contribution is 0.589. The Hall–Kier alpha value is -1.19. The summed E-state index contributed by atoms with van der Waals surface area (Å²) in [6.45, 7) is 5.02. The molecule has 1 N–H and O–H groups in total. The first kappa shape index (κ1) is 15.2. The average molecular weight is 336 g/mol. The first-order valence-electron chi connectivity index (χ1n) is 6.86. The number of rotatable bonds is 5. The Balaban J connectivity index is 2.41. The molecule has 2 aromatic rings. The molecule has 0 amide bonds. The summed E-state index contributed by atoms with van der Waals surface area (Å²) in [6, 6.07) is 13.3. The first-order chi connectivity index (χ1) is 9.61. The van der Waals surface area contributed by atoms with E-state index in [4.69, 9.17) is 0 Å². The molecule has 2 aromatic carbocycles. The summed E-state index contributed by atoms with van der Waals surface area (Å²) in [7, 11) is 0. The second-order valence-corrected chi connectivity index (χ2v) is 5.86. The highest BCUT2D eigenvalue weighted by Crippen LogP contribution is 2.27. The molecule has 3 heteroatoms. The number of aryl methyl sites for hydroxylation is 1. The molecule has 0 saturated carbocycles. The minimum Gasteiger partial charge on any atom is -0.306 e. The van der Waals surface area contributed by atoms with Gasteiger partial charge in [0.15, 0.2) is 0 Å². The van der Waals surface area contributed by atoms with Crippen LogP contribution >= 0.6 is 15.9 Å². The van der Waals surface area contributed by atoms with Crippen molar-refractivity contribution in [2.24, 2.45) is 0 Å². The van der Waals surface area contributed by atoms with Gasteiger partial charge >= 0.3 is 0 Å². The summed E-state index contributed by atoms with van der Waals surface area (Å²) in [5.74, 6) is -0.185. The molecule has 1 unspecified atom stereocenters. The van der Waals surface area contributed by atoms with E-state index >= 15 is 0 Å². The van der Waals surface area contributed by atoms with Crippen LogP contribution in [0.15, 0.2) is 46.9 Å². The van der Waals surface area contributed by atoms with E-state index in [0.29, 0.717) is 0 Å². The summed E-state index contributed by atoms with van der Waals surface area (Å²) in [5.41, 5.74) is 3.28. The van der Waals surface area contributed by atoms with E-state index < -0.39 is 0 Å². The Labute approximate surface area is 128 Å². The van der Waals surface area contributed by atoms with Gasteiger partial charge in [0, 0.05) is 4.47 Å². The Morgan fingerprint density at radius 3 is 2.65 bits per heavy atom. The van der Waals surface area contributed by atoms with Crippen LogP contribution in [0.5, 0.6) is 0 Å². The summed E-state index contributed by atoms with van der Waals surface area (Å²) in [6.07, 6.45) is 1.06. The van der Waals surface area contributed by atoms with Crippen LogP contribution < -0.4 is 5.32 Å². The summed E-state index contributed by atoms with van der Waals surface area (Å²) >= 11 is 3.51. The molecule has 0 aliphatic carbocycles. The first-order valence-corrected chi connectivity index (χ1v) is 7.66. The average Bonchev–Trinajstić information content (AvgIpc) is 2.41. The van der Waals surface area contributed by atoms with Crippen molar-refractivity contribution < 1.29 is 4.39 Å². The smallest absolute Gasteiger partial charge is 0.123 e. The van der Waals surface area contributed by atoms with E-state index in [1.165, 1.54) is 11.6 Å². The van der Waals surface area contributed by atoms with Crippen LogP contribution in [-0.4, -0.2) is 6.54 Å². The summed E-state index contributed by atoms with van der Waals surface area (Å²) < 4.78 is 14.4. The van der Waals surface area contributed by atoms with Crippen molar-refractivity contribution >= 4 is 15.9 Å². The van der Waals surface area contributed by atoms with Crippen molar-refractivity contribution in [3.8, 4) is 0 Å². The summed E-state index contributed by atoms with van der Waals surface area (Å²) in [5, 5.41) is 3.55. The van der Waals surface area contributed by atoms with Crippen LogP contribution in [0.1, 0.15) is 36.1 Å². The normalized spacial score (nSPS) is 12.4. The molecule has 1 atom stereocenters. The number of nitrogens with one attached hydrogen (secondary N) is 1. The SMILES string of the molecule is CCCNC(c1cccc(Br)c1)c1ccc(F)cc1C. The maximum Gasteiger partial charge on any atom is 0.123 e. The zero-order chi connectivity index (χ0) is 14.5. The van der Waals surface area contributed by atoms with Crippen molar-refractivity contribution in [1.82, 2.24) is 5.32 Å². The maximum atomic E-state index is 13.3. The van der Waals surface area contributed by atoms with E-state index in [-0.39, 0.29) is 11.9 Å². The molecule has 2 rings (SSSR count). The van der Waals surface area contributed by atoms with E-state index in [2.05, 4.69) is 40.3 Å².